The molecule has 4 nitrogen and oxygen atoms in total. The summed E-state index contributed by atoms with van der Waals surface area (Å²) < 4.78 is 0. The van der Waals surface area contributed by atoms with Gasteiger partial charge < -0.3 is 5.32 Å². The Labute approximate surface area is 133 Å². The summed E-state index contributed by atoms with van der Waals surface area (Å²) in [6.07, 6.45) is 0.440. The Morgan fingerprint density at radius 1 is 1.09 bits per heavy atom. The van der Waals surface area contributed by atoms with Crippen molar-refractivity contribution >= 4 is 29.2 Å². The Morgan fingerprint density at radius 2 is 1.82 bits per heavy atom. The van der Waals surface area contributed by atoms with Crippen molar-refractivity contribution in [2.24, 2.45) is 0 Å². The number of rotatable bonds is 3. The lowest BCUT2D eigenvalue weighted by atomic mass is 9.93. The molecule has 1 N–H and O–H groups in total. The maximum Gasteiger partial charge on any atom is 0.329 e. The molecule has 1 aliphatic heterocycles. The molecule has 22 heavy (non-hydrogen) atoms. The van der Waals surface area contributed by atoms with Crippen LogP contribution in [0.1, 0.15) is 12.5 Å². The first kappa shape index (κ1) is 14.6. The number of urea groups is 1. The van der Waals surface area contributed by atoms with Crippen molar-refractivity contribution < 1.29 is 9.59 Å². The van der Waals surface area contributed by atoms with E-state index in [0.29, 0.717) is 17.1 Å². The van der Waals surface area contributed by atoms with E-state index in [2.05, 4.69) is 5.32 Å². The highest BCUT2D eigenvalue weighted by Crippen LogP contribution is 2.28. The average molecular weight is 315 g/mol. The number of hydrogen-bond donors (Lipinski definition) is 1. The molecule has 0 spiro atoms. The second kappa shape index (κ2) is 5.46. The van der Waals surface area contributed by atoms with Crippen molar-refractivity contribution in [1.29, 1.82) is 0 Å². The van der Waals surface area contributed by atoms with E-state index in [1.807, 2.05) is 30.3 Å². The van der Waals surface area contributed by atoms with Gasteiger partial charge in [0.25, 0.3) is 5.91 Å². The predicted octanol–water partition coefficient (Wildman–Crippen LogP) is 3.40. The summed E-state index contributed by atoms with van der Waals surface area (Å²) in [4.78, 5) is 26.2. The van der Waals surface area contributed by atoms with Gasteiger partial charge in [0.2, 0.25) is 0 Å². The van der Waals surface area contributed by atoms with E-state index in [-0.39, 0.29) is 5.91 Å². The summed E-state index contributed by atoms with van der Waals surface area (Å²) in [6.45, 7) is 1.74. The van der Waals surface area contributed by atoms with E-state index in [9.17, 15) is 9.59 Å². The van der Waals surface area contributed by atoms with Crippen LogP contribution in [0.3, 0.4) is 0 Å². The molecule has 1 aliphatic rings. The summed E-state index contributed by atoms with van der Waals surface area (Å²) >= 11 is 5.95. The Hall–Kier alpha value is -2.33. The van der Waals surface area contributed by atoms with Gasteiger partial charge in [-0.25, -0.2) is 9.69 Å². The highest BCUT2D eigenvalue weighted by molar-refractivity contribution is 6.31. The van der Waals surface area contributed by atoms with Gasteiger partial charge >= 0.3 is 6.03 Å². The predicted molar refractivity (Wildman–Crippen MR) is 86.0 cm³/mol. The lowest BCUT2D eigenvalue weighted by molar-refractivity contribution is -0.121. The maximum atomic E-state index is 12.8. The first-order valence-corrected chi connectivity index (χ1v) is 7.34. The summed E-state index contributed by atoms with van der Waals surface area (Å²) in [6, 6.07) is 15.9. The molecule has 112 valence electrons. The zero-order chi connectivity index (χ0) is 15.7. The minimum Gasteiger partial charge on any atom is -0.323 e. The first-order chi connectivity index (χ1) is 10.5. The van der Waals surface area contributed by atoms with Crippen LogP contribution in [0.5, 0.6) is 0 Å². The highest BCUT2D eigenvalue weighted by Gasteiger charge is 2.48. The Kier molecular flexibility index (Phi) is 3.62. The van der Waals surface area contributed by atoms with Gasteiger partial charge in [0.1, 0.15) is 5.54 Å². The molecule has 1 saturated heterocycles. The Bertz CT molecular complexity index is 732. The van der Waals surface area contributed by atoms with Crippen molar-refractivity contribution in [2.75, 3.05) is 4.90 Å². The van der Waals surface area contributed by atoms with E-state index in [1.54, 1.807) is 31.2 Å². The van der Waals surface area contributed by atoms with Crippen LogP contribution in [0.25, 0.3) is 0 Å². The Morgan fingerprint density at radius 3 is 2.50 bits per heavy atom. The smallest absolute Gasteiger partial charge is 0.323 e. The summed E-state index contributed by atoms with van der Waals surface area (Å²) in [5.74, 6) is -0.274. The molecule has 0 aromatic heterocycles. The van der Waals surface area contributed by atoms with Crippen molar-refractivity contribution in [3.63, 3.8) is 0 Å². The normalized spacial score (nSPS) is 21.1. The largest absolute Gasteiger partial charge is 0.329 e. The van der Waals surface area contributed by atoms with Gasteiger partial charge in [-0.15, -0.1) is 0 Å². The van der Waals surface area contributed by atoms with Gasteiger partial charge in [-0.05, 0) is 30.7 Å². The van der Waals surface area contributed by atoms with E-state index < -0.39 is 11.6 Å². The number of imide groups is 1. The molecule has 3 amide bonds. The summed E-state index contributed by atoms with van der Waals surface area (Å²) in [5, 5.41) is 3.27. The standard InChI is InChI=1S/C17H15ClN2O2/c1-17(11-12-6-3-2-4-7-12)15(21)20(16(22)19-17)14-9-5-8-13(18)10-14/h2-10H,11H2,1H3,(H,19,22). The number of carbonyl (C=O) groups is 2. The number of halogens is 1. The van der Waals surface area contributed by atoms with E-state index >= 15 is 0 Å². The third-order valence-electron chi connectivity index (χ3n) is 3.73. The van der Waals surface area contributed by atoms with Gasteiger partial charge in [-0.2, -0.15) is 0 Å². The van der Waals surface area contributed by atoms with Crippen LogP contribution in [0.15, 0.2) is 54.6 Å². The number of nitrogens with one attached hydrogen (secondary N) is 1. The SMILES string of the molecule is CC1(Cc2ccccc2)NC(=O)N(c2cccc(Cl)c2)C1=O. The number of benzene rings is 2. The van der Waals surface area contributed by atoms with Crippen LogP contribution >= 0.6 is 11.6 Å². The highest BCUT2D eigenvalue weighted by atomic mass is 35.5. The van der Waals surface area contributed by atoms with Gasteiger partial charge in [-0.3, -0.25) is 4.79 Å². The molecule has 5 heteroatoms. The van der Waals surface area contributed by atoms with Crippen LogP contribution in [0, 0.1) is 0 Å². The molecule has 1 unspecified atom stereocenters. The van der Waals surface area contributed by atoms with Crippen LogP contribution in [-0.4, -0.2) is 17.5 Å². The molecule has 0 saturated carbocycles. The molecule has 1 heterocycles. The molecule has 0 aliphatic carbocycles. The molecule has 1 atom stereocenters. The van der Waals surface area contributed by atoms with Crippen molar-refractivity contribution in [3.8, 4) is 0 Å². The second-order valence-electron chi connectivity index (χ2n) is 5.55. The molecule has 2 aromatic carbocycles. The van der Waals surface area contributed by atoms with Crippen LogP contribution in [0.4, 0.5) is 10.5 Å². The quantitative estimate of drug-likeness (QED) is 0.883. The number of anilines is 1. The summed E-state index contributed by atoms with van der Waals surface area (Å²) in [5.41, 5.74) is 0.513. The fourth-order valence-corrected chi connectivity index (χ4v) is 2.84. The van der Waals surface area contributed by atoms with E-state index in [0.717, 1.165) is 10.5 Å². The van der Waals surface area contributed by atoms with Crippen molar-refractivity contribution in [1.82, 2.24) is 5.32 Å². The number of nitrogens with zero attached hydrogens (tertiary/aromatic N) is 1. The van der Waals surface area contributed by atoms with Crippen LogP contribution < -0.4 is 10.2 Å². The zero-order valence-corrected chi connectivity index (χ0v) is 12.8. The van der Waals surface area contributed by atoms with Crippen LogP contribution in [0.2, 0.25) is 5.02 Å². The van der Waals surface area contributed by atoms with Gasteiger partial charge in [0.05, 0.1) is 5.69 Å². The molecule has 0 bridgehead atoms. The monoisotopic (exact) mass is 314 g/mol. The zero-order valence-electron chi connectivity index (χ0n) is 12.0. The van der Waals surface area contributed by atoms with Gasteiger partial charge in [0, 0.05) is 11.4 Å². The van der Waals surface area contributed by atoms with Crippen molar-refractivity contribution in [3.05, 3.63) is 65.2 Å². The number of hydrogen-bond acceptors (Lipinski definition) is 2. The minimum atomic E-state index is -0.958. The van der Waals surface area contributed by atoms with E-state index in [4.69, 9.17) is 11.6 Å². The van der Waals surface area contributed by atoms with Gasteiger partial charge in [0.15, 0.2) is 0 Å². The Balaban J connectivity index is 1.91. The second-order valence-corrected chi connectivity index (χ2v) is 5.98. The first-order valence-electron chi connectivity index (χ1n) is 6.96. The van der Waals surface area contributed by atoms with E-state index in [1.165, 1.54) is 0 Å². The topological polar surface area (TPSA) is 49.4 Å². The maximum absolute atomic E-state index is 12.8. The number of amides is 3. The lowest BCUT2D eigenvalue weighted by Gasteiger charge is -2.21. The van der Waals surface area contributed by atoms with Crippen LogP contribution in [-0.2, 0) is 11.2 Å². The fourth-order valence-electron chi connectivity index (χ4n) is 2.66. The molecule has 3 rings (SSSR count). The molecule has 0 radical (unpaired) electrons. The third kappa shape index (κ3) is 2.57. The molecule has 2 aromatic rings. The lowest BCUT2D eigenvalue weighted by Crippen LogP contribution is -2.46. The minimum absolute atomic E-state index is 0.274. The summed E-state index contributed by atoms with van der Waals surface area (Å²) in [7, 11) is 0. The molecular formula is C17H15ClN2O2. The molecule has 1 fully saturated rings. The molecular weight excluding hydrogens is 300 g/mol. The number of carbonyl (C=O) groups excluding carboxylic acids is 2. The van der Waals surface area contributed by atoms with Crippen molar-refractivity contribution in [2.45, 2.75) is 18.9 Å². The fraction of sp³-hybridized carbons (Fsp3) is 0.176. The third-order valence-corrected chi connectivity index (χ3v) is 3.96. The average Bonchev–Trinajstić information content (AvgIpc) is 2.69. The van der Waals surface area contributed by atoms with Gasteiger partial charge in [-0.1, -0.05) is 48.0 Å².